The highest BCUT2D eigenvalue weighted by Gasteiger charge is 2.36. The summed E-state index contributed by atoms with van der Waals surface area (Å²) in [5.41, 5.74) is 1.18. The van der Waals surface area contributed by atoms with Crippen LogP contribution in [0.1, 0.15) is 48.3 Å². The zero-order valence-electron chi connectivity index (χ0n) is 13.2. The molecule has 1 aromatic heterocycles. The molecule has 2 heterocycles. The van der Waals surface area contributed by atoms with Crippen LogP contribution in [0.4, 0.5) is 4.39 Å². The minimum absolute atomic E-state index is 0.166. The van der Waals surface area contributed by atoms with Gasteiger partial charge >= 0.3 is 0 Å². The second kappa shape index (κ2) is 6.12. The normalized spacial score (nSPS) is 21.2. The molecule has 1 aliphatic rings. The number of aliphatic hydroxyl groups excluding tert-OH is 1. The van der Waals surface area contributed by atoms with Crippen LogP contribution >= 0.6 is 0 Å². The number of aromatic nitrogens is 2. The fourth-order valence-electron chi connectivity index (χ4n) is 2.96. The van der Waals surface area contributed by atoms with Gasteiger partial charge in [0.1, 0.15) is 5.82 Å². The minimum atomic E-state index is -0.604. The predicted molar refractivity (Wildman–Crippen MR) is 83.4 cm³/mol. The van der Waals surface area contributed by atoms with E-state index in [0.717, 1.165) is 0 Å². The molecule has 5 nitrogen and oxygen atoms in total. The van der Waals surface area contributed by atoms with Crippen LogP contribution in [-0.2, 0) is 0 Å². The highest BCUT2D eigenvalue weighted by atomic mass is 19.1. The Morgan fingerprint density at radius 2 is 2.22 bits per heavy atom. The maximum absolute atomic E-state index is 13.5. The van der Waals surface area contributed by atoms with Crippen molar-refractivity contribution in [2.75, 3.05) is 6.54 Å². The number of halogens is 1. The van der Waals surface area contributed by atoms with Gasteiger partial charge in [0.05, 0.1) is 23.9 Å². The summed E-state index contributed by atoms with van der Waals surface area (Å²) >= 11 is 0. The SMILES string of the molecule is CC(C)n1cc(C(=O)N2C[C@H](O)C[C@@H]2c2cccc(F)c2)cn1. The zero-order valence-corrected chi connectivity index (χ0v) is 13.2. The van der Waals surface area contributed by atoms with E-state index in [0.29, 0.717) is 17.5 Å². The summed E-state index contributed by atoms with van der Waals surface area (Å²) in [4.78, 5) is 14.4. The summed E-state index contributed by atoms with van der Waals surface area (Å²) in [6, 6.07) is 6.03. The van der Waals surface area contributed by atoms with Crippen molar-refractivity contribution >= 4 is 5.91 Å². The summed E-state index contributed by atoms with van der Waals surface area (Å²) in [7, 11) is 0. The second-order valence-electron chi connectivity index (χ2n) is 6.22. The lowest BCUT2D eigenvalue weighted by atomic mass is 10.0. The number of nitrogens with zero attached hydrogens (tertiary/aromatic N) is 3. The Morgan fingerprint density at radius 3 is 2.87 bits per heavy atom. The number of benzene rings is 1. The third-order valence-corrected chi connectivity index (χ3v) is 4.15. The zero-order chi connectivity index (χ0) is 16.6. The minimum Gasteiger partial charge on any atom is -0.391 e. The molecule has 3 rings (SSSR count). The Hall–Kier alpha value is -2.21. The largest absolute Gasteiger partial charge is 0.391 e. The first-order valence-corrected chi connectivity index (χ1v) is 7.74. The molecule has 0 saturated carbocycles. The summed E-state index contributed by atoms with van der Waals surface area (Å²) in [5, 5.41) is 14.2. The Morgan fingerprint density at radius 1 is 1.43 bits per heavy atom. The average molecular weight is 317 g/mol. The number of carbonyl (C=O) groups is 1. The molecule has 0 unspecified atom stereocenters. The van der Waals surface area contributed by atoms with Crippen LogP contribution in [0.2, 0.25) is 0 Å². The predicted octanol–water partition coefficient (Wildman–Crippen LogP) is 2.55. The van der Waals surface area contributed by atoms with E-state index < -0.39 is 6.10 Å². The molecular weight excluding hydrogens is 297 g/mol. The number of rotatable bonds is 3. The molecule has 23 heavy (non-hydrogen) atoms. The highest BCUT2D eigenvalue weighted by molar-refractivity contribution is 5.94. The number of hydrogen-bond acceptors (Lipinski definition) is 3. The fourth-order valence-corrected chi connectivity index (χ4v) is 2.96. The number of amides is 1. The van der Waals surface area contributed by atoms with Crippen LogP contribution < -0.4 is 0 Å². The molecule has 2 aromatic rings. The molecule has 1 aliphatic heterocycles. The van der Waals surface area contributed by atoms with Crippen LogP contribution in [0.3, 0.4) is 0 Å². The molecule has 0 spiro atoms. The van der Waals surface area contributed by atoms with Gasteiger partial charge in [-0.3, -0.25) is 9.48 Å². The Balaban J connectivity index is 1.88. The monoisotopic (exact) mass is 317 g/mol. The first-order valence-electron chi connectivity index (χ1n) is 7.74. The van der Waals surface area contributed by atoms with Gasteiger partial charge in [0, 0.05) is 18.8 Å². The van der Waals surface area contributed by atoms with Gasteiger partial charge in [0.25, 0.3) is 5.91 Å². The number of aliphatic hydroxyl groups is 1. The van der Waals surface area contributed by atoms with Crippen molar-refractivity contribution in [3.63, 3.8) is 0 Å². The van der Waals surface area contributed by atoms with E-state index in [4.69, 9.17) is 0 Å². The van der Waals surface area contributed by atoms with E-state index in [2.05, 4.69) is 5.10 Å². The Labute approximate surface area is 134 Å². The topological polar surface area (TPSA) is 58.4 Å². The smallest absolute Gasteiger partial charge is 0.257 e. The van der Waals surface area contributed by atoms with Crippen LogP contribution in [0.15, 0.2) is 36.7 Å². The average Bonchev–Trinajstić information content (AvgIpc) is 3.13. The number of hydrogen-bond donors (Lipinski definition) is 1. The molecule has 1 aromatic carbocycles. The molecule has 0 bridgehead atoms. The van der Waals surface area contributed by atoms with Crippen molar-refractivity contribution in [3.8, 4) is 0 Å². The van der Waals surface area contributed by atoms with Crippen LogP contribution in [0.25, 0.3) is 0 Å². The van der Waals surface area contributed by atoms with Gasteiger partial charge in [-0.15, -0.1) is 0 Å². The molecule has 0 aliphatic carbocycles. The number of likely N-dealkylation sites (tertiary alicyclic amines) is 1. The van der Waals surface area contributed by atoms with Crippen LogP contribution in [0.5, 0.6) is 0 Å². The molecule has 1 fully saturated rings. The van der Waals surface area contributed by atoms with E-state index >= 15 is 0 Å². The molecule has 1 saturated heterocycles. The summed E-state index contributed by atoms with van der Waals surface area (Å²) in [6.45, 7) is 4.21. The molecule has 0 radical (unpaired) electrons. The van der Waals surface area contributed by atoms with Crippen molar-refractivity contribution < 1.29 is 14.3 Å². The number of β-amino-alcohol motifs (C(OH)–C–C–N with tert-alkyl or cyclic N) is 1. The van der Waals surface area contributed by atoms with Gasteiger partial charge in [0.15, 0.2) is 0 Å². The van der Waals surface area contributed by atoms with Crippen molar-refractivity contribution in [1.29, 1.82) is 0 Å². The van der Waals surface area contributed by atoms with Gasteiger partial charge in [-0.2, -0.15) is 5.10 Å². The van der Waals surface area contributed by atoms with Gasteiger partial charge < -0.3 is 10.0 Å². The lowest BCUT2D eigenvalue weighted by molar-refractivity contribution is 0.0715. The first kappa shape index (κ1) is 15.7. The van der Waals surface area contributed by atoms with Gasteiger partial charge in [0.2, 0.25) is 0 Å². The van der Waals surface area contributed by atoms with Crippen molar-refractivity contribution in [2.45, 2.75) is 38.5 Å². The van der Waals surface area contributed by atoms with Crippen molar-refractivity contribution in [2.24, 2.45) is 0 Å². The Bertz CT molecular complexity index is 713. The van der Waals surface area contributed by atoms with E-state index in [-0.39, 0.29) is 30.4 Å². The second-order valence-corrected chi connectivity index (χ2v) is 6.22. The van der Waals surface area contributed by atoms with Gasteiger partial charge in [-0.25, -0.2) is 4.39 Å². The fraction of sp³-hybridized carbons (Fsp3) is 0.412. The van der Waals surface area contributed by atoms with E-state index in [9.17, 15) is 14.3 Å². The summed E-state index contributed by atoms with van der Waals surface area (Å²) in [5.74, 6) is -0.536. The molecule has 6 heteroatoms. The third kappa shape index (κ3) is 3.12. The van der Waals surface area contributed by atoms with Gasteiger partial charge in [-0.1, -0.05) is 12.1 Å². The molecule has 2 atom stereocenters. The highest BCUT2D eigenvalue weighted by Crippen LogP contribution is 2.33. The number of carbonyl (C=O) groups excluding carboxylic acids is 1. The lowest BCUT2D eigenvalue weighted by Gasteiger charge is -2.24. The van der Waals surface area contributed by atoms with Crippen LogP contribution in [0, 0.1) is 5.82 Å². The first-order chi connectivity index (χ1) is 11.0. The summed E-state index contributed by atoms with van der Waals surface area (Å²) < 4.78 is 15.2. The third-order valence-electron chi connectivity index (χ3n) is 4.15. The lowest BCUT2D eigenvalue weighted by Crippen LogP contribution is -2.31. The maximum atomic E-state index is 13.5. The Kier molecular flexibility index (Phi) is 4.17. The van der Waals surface area contributed by atoms with E-state index in [1.807, 2.05) is 13.8 Å². The van der Waals surface area contributed by atoms with Crippen molar-refractivity contribution in [1.82, 2.24) is 14.7 Å². The van der Waals surface area contributed by atoms with E-state index in [1.165, 1.54) is 18.3 Å². The van der Waals surface area contributed by atoms with Crippen molar-refractivity contribution in [3.05, 3.63) is 53.6 Å². The van der Waals surface area contributed by atoms with Gasteiger partial charge in [-0.05, 0) is 38.0 Å². The standard InChI is InChI=1S/C17H20FN3O2/c1-11(2)21-9-13(8-19-21)17(23)20-10-15(22)7-16(20)12-4-3-5-14(18)6-12/h3-6,8-9,11,15-16,22H,7,10H2,1-2H3/t15-,16-/m1/s1. The molecule has 1 N–H and O–H groups in total. The van der Waals surface area contributed by atoms with Crippen LogP contribution in [-0.4, -0.2) is 38.3 Å². The quantitative estimate of drug-likeness (QED) is 0.946. The molecule has 1 amide bonds. The van der Waals surface area contributed by atoms with E-state index in [1.54, 1.807) is 27.9 Å². The molecular formula is C17H20FN3O2. The molecule has 122 valence electrons. The maximum Gasteiger partial charge on any atom is 0.257 e. The summed E-state index contributed by atoms with van der Waals surface area (Å²) in [6.07, 6.45) is 3.05.